The SMILES string of the molecule is Fc1ccc([SH](c2ccccc2)c2ccccc2)c(F)c1. The van der Waals surface area contributed by atoms with Gasteiger partial charge in [0.25, 0.3) is 0 Å². The van der Waals surface area contributed by atoms with E-state index in [1.807, 2.05) is 60.7 Å². The van der Waals surface area contributed by atoms with E-state index in [0.29, 0.717) is 4.90 Å². The molecule has 0 saturated carbocycles. The van der Waals surface area contributed by atoms with Crippen LogP contribution in [0.15, 0.2) is 93.5 Å². The van der Waals surface area contributed by atoms with Gasteiger partial charge in [-0.3, -0.25) is 0 Å². The van der Waals surface area contributed by atoms with Crippen molar-refractivity contribution in [3.63, 3.8) is 0 Å². The largest absolute Gasteiger partial charge is 0.207 e. The van der Waals surface area contributed by atoms with Crippen LogP contribution in [0.5, 0.6) is 0 Å². The second-order valence-corrected chi connectivity index (χ2v) is 6.79. The van der Waals surface area contributed by atoms with Crippen LogP contribution in [0.3, 0.4) is 0 Å². The third-order valence-corrected chi connectivity index (χ3v) is 5.65. The van der Waals surface area contributed by atoms with Gasteiger partial charge in [-0.25, -0.2) is 8.78 Å². The molecule has 3 heteroatoms. The van der Waals surface area contributed by atoms with Crippen molar-refractivity contribution >= 4 is 10.9 Å². The molecule has 0 radical (unpaired) electrons. The van der Waals surface area contributed by atoms with Crippen molar-refractivity contribution in [2.24, 2.45) is 0 Å². The highest BCUT2D eigenvalue weighted by atomic mass is 32.2. The smallest absolute Gasteiger partial charge is 0.138 e. The standard InChI is InChI=1S/C18H14F2S/c19-14-11-12-18(17(20)13-14)21(15-7-3-1-4-8-15)16-9-5-2-6-10-16/h1-13,21H. The molecule has 0 bridgehead atoms. The van der Waals surface area contributed by atoms with Crippen molar-refractivity contribution < 1.29 is 8.78 Å². The number of hydrogen-bond acceptors (Lipinski definition) is 0. The Kier molecular flexibility index (Phi) is 4.02. The van der Waals surface area contributed by atoms with Crippen LogP contribution in [-0.4, -0.2) is 0 Å². The van der Waals surface area contributed by atoms with E-state index in [1.165, 1.54) is 6.07 Å². The van der Waals surface area contributed by atoms with E-state index in [0.717, 1.165) is 15.9 Å². The van der Waals surface area contributed by atoms with Crippen LogP contribution in [-0.2, 0) is 0 Å². The number of benzene rings is 3. The van der Waals surface area contributed by atoms with Gasteiger partial charge in [-0.1, -0.05) is 36.4 Å². The molecule has 3 aromatic rings. The highest BCUT2D eigenvalue weighted by Crippen LogP contribution is 2.51. The molecule has 0 aliphatic carbocycles. The van der Waals surface area contributed by atoms with Crippen LogP contribution in [0, 0.1) is 11.6 Å². The zero-order chi connectivity index (χ0) is 14.7. The molecule has 0 aliphatic heterocycles. The molecule has 0 atom stereocenters. The Morgan fingerprint density at radius 1 is 0.619 bits per heavy atom. The second-order valence-electron chi connectivity index (χ2n) is 4.60. The van der Waals surface area contributed by atoms with E-state index in [2.05, 4.69) is 0 Å². The molecule has 0 amide bonds. The highest BCUT2D eigenvalue weighted by Gasteiger charge is 2.16. The number of halogens is 2. The van der Waals surface area contributed by atoms with E-state index in [9.17, 15) is 8.78 Å². The van der Waals surface area contributed by atoms with E-state index < -0.39 is 22.5 Å². The van der Waals surface area contributed by atoms with Gasteiger partial charge in [0.2, 0.25) is 0 Å². The Hall–Kier alpha value is -2.13. The molecule has 0 N–H and O–H groups in total. The predicted octanol–water partition coefficient (Wildman–Crippen LogP) is 5.44. The summed E-state index contributed by atoms with van der Waals surface area (Å²) in [4.78, 5) is 2.64. The zero-order valence-electron chi connectivity index (χ0n) is 11.2. The van der Waals surface area contributed by atoms with Gasteiger partial charge >= 0.3 is 0 Å². The van der Waals surface area contributed by atoms with Crippen molar-refractivity contribution in [3.05, 3.63) is 90.5 Å². The fourth-order valence-corrected chi connectivity index (χ4v) is 4.54. The van der Waals surface area contributed by atoms with E-state index in [4.69, 9.17) is 0 Å². The Labute approximate surface area is 125 Å². The summed E-state index contributed by atoms with van der Waals surface area (Å²) in [5.74, 6) is -1.04. The fraction of sp³-hybridized carbons (Fsp3) is 0. The topological polar surface area (TPSA) is 0 Å². The molecule has 3 rings (SSSR count). The monoisotopic (exact) mass is 300 g/mol. The Bertz CT molecular complexity index is 687. The average molecular weight is 300 g/mol. The van der Waals surface area contributed by atoms with Crippen LogP contribution >= 0.6 is 10.9 Å². The van der Waals surface area contributed by atoms with Crippen LogP contribution in [0.2, 0.25) is 0 Å². The first kappa shape index (κ1) is 13.8. The van der Waals surface area contributed by atoms with Gasteiger partial charge in [0.15, 0.2) is 0 Å². The van der Waals surface area contributed by atoms with Gasteiger partial charge < -0.3 is 0 Å². The van der Waals surface area contributed by atoms with Crippen LogP contribution < -0.4 is 0 Å². The van der Waals surface area contributed by atoms with E-state index in [-0.39, 0.29) is 0 Å². The summed E-state index contributed by atoms with van der Waals surface area (Å²) in [7, 11) is -1.02. The molecule has 21 heavy (non-hydrogen) atoms. The predicted molar refractivity (Wildman–Crippen MR) is 83.0 cm³/mol. The minimum atomic E-state index is -1.02. The first-order valence-electron chi connectivity index (χ1n) is 6.61. The molecule has 106 valence electrons. The maximum absolute atomic E-state index is 14.2. The molecule has 0 spiro atoms. The summed E-state index contributed by atoms with van der Waals surface area (Å²) in [6.45, 7) is 0. The molecule has 3 aromatic carbocycles. The Morgan fingerprint density at radius 3 is 1.62 bits per heavy atom. The molecule has 0 aliphatic rings. The quantitative estimate of drug-likeness (QED) is 0.611. The number of hydrogen-bond donors (Lipinski definition) is 1. The molecule has 0 saturated heterocycles. The molecular weight excluding hydrogens is 286 g/mol. The summed E-state index contributed by atoms with van der Waals surface area (Å²) in [5.41, 5.74) is 0. The lowest BCUT2D eigenvalue weighted by atomic mass is 10.3. The lowest BCUT2D eigenvalue weighted by Crippen LogP contribution is -1.92. The lowest BCUT2D eigenvalue weighted by Gasteiger charge is -2.23. The minimum Gasteiger partial charge on any atom is -0.207 e. The van der Waals surface area contributed by atoms with Crippen LogP contribution in [0.25, 0.3) is 0 Å². The first-order valence-corrected chi connectivity index (χ1v) is 7.95. The normalized spacial score (nSPS) is 11.2. The summed E-state index contributed by atoms with van der Waals surface area (Å²) in [5, 5.41) is 0. The van der Waals surface area contributed by atoms with Crippen molar-refractivity contribution in [1.29, 1.82) is 0 Å². The van der Waals surface area contributed by atoms with Crippen LogP contribution in [0.4, 0.5) is 8.78 Å². The van der Waals surface area contributed by atoms with Gasteiger partial charge in [-0.2, -0.15) is 10.9 Å². The Morgan fingerprint density at radius 2 is 1.14 bits per heavy atom. The fourth-order valence-electron chi connectivity index (χ4n) is 2.24. The molecule has 0 aromatic heterocycles. The summed E-state index contributed by atoms with van der Waals surface area (Å²) >= 11 is 0. The van der Waals surface area contributed by atoms with Crippen molar-refractivity contribution in [3.8, 4) is 0 Å². The lowest BCUT2D eigenvalue weighted by molar-refractivity contribution is 0.565. The molecule has 0 unspecified atom stereocenters. The first-order chi connectivity index (χ1) is 10.3. The third kappa shape index (κ3) is 2.98. The van der Waals surface area contributed by atoms with E-state index in [1.54, 1.807) is 6.07 Å². The third-order valence-electron chi connectivity index (χ3n) is 3.18. The molecule has 0 heterocycles. The molecule has 0 fully saturated rings. The summed E-state index contributed by atoms with van der Waals surface area (Å²) in [6.07, 6.45) is 0. The Balaban J connectivity index is 2.17. The number of rotatable bonds is 3. The van der Waals surface area contributed by atoms with Gasteiger partial charge in [0.05, 0.1) is 0 Å². The van der Waals surface area contributed by atoms with Crippen molar-refractivity contribution in [2.75, 3.05) is 0 Å². The number of thiol groups is 1. The highest BCUT2D eigenvalue weighted by molar-refractivity contribution is 8.17. The van der Waals surface area contributed by atoms with Crippen LogP contribution in [0.1, 0.15) is 0 Å². The van der Waals surface area contributed by atoms with Crippen molar-refractivity contribution in [1.82, 2.24) is 0 Å². The average Bonchev–Trinajstić information content (AvgIpc) is 2.52. The maximum Gasteiger partial charge on any atom is 0.138 e. The van der Waals surface area contributed by atoms with Gasteiger partial charge in [-0.15, -0.1) is 0 Å². The molecular formula is C18H14F2S. The van der Waals surface area contributed by atoms with Crippen molar-refractivity contribution in [2.45, 2.75) is 14.7 Å². The van der Waals surface area contributed by atoms with E-state index >= 15 is 0 Å². The maximum atomic E-state index is 14.2. The summed E-state index contributed by atoms with van der Waals surface area (Å²) < 4.78 is 27.4. The summed E-state index contributed by atoms with van der Waals surface area (Å²) in [6, 6.07) is 23.4. The molecule has 0 nitrogen and oxygen atoms in total. The van der Waals surface area contributed by atoms with Gasteiger partial charge in [0, 0.05) is 11.0 Å². The minimum absolute atomic E-state index is 0.492. The zero-order valence-corrected chi connectivity index (χ0v) is 12.1. The van der Waals surface area contributed by atoms with Gasteiger partial charge in [-0.05, 0) is 46.2 Å². The van der Waals surface area contributed by atoms with Gasteiger partial charge in [0.1, 0.15) is 11.6 Å². The second kappa shape index (κ2) is 6.10.